The number of ketones is 1. The lowest BCUT2D eigenvalue weighted by Gasteiger charge is -2.12. The first-order valence-electron chi connectivity index (χ1n) is 7.84. The van der Waals surface area contributed by atoms with Crippen molar-refractivity contribution in [3.05, 3.63) is 59.2 Å². The number of nitrogens with zero attached hydrogens (tertiary/aromatic N) is 1. The summed E-state index contributed by atoms with van der Waals surface area (Å²) < 4.78 is 15.9. The minimum Gasteiger partial charge on any atom is -0.489 e. The maximum Gasteiger partial charge on any atom is 0.360 e. The zero-order chi connectivity index (χ0) is 18.5. The highest BCUT2D eigenvalue weighted by Crippen LogP contribution is 2.30. The van der Waals surface area contributed by atoms with Crippen LogP contribution in [-0.2, 0) is 21.0 Å². The summed E-state index contributed by atoms with van der Waals surface area (Å²) in [5, 5.41) is 3.77. The molecule has 7 nitrogen and oxygen atoms in total. The molecule has 0 saturated carbocycles. The number of benzene rings is 2. The molecule has 134 valence electrons. The normalized spacial score (nSPS) is 13.0. The minimum absolute atomic E-state index is 0.0459. The average molecular weight is 355 g/mol. The lowest BCUT2D eigenvalue weighted by atomic mass is 10.0. The molecule has 0 N–H and O–H groups in total. The van der Waals surface area contributed by atoms with Gasteiger partial charge in [-0.15, -0.1) is 0 Å². The summed E-state index contributed by atoms with van der Waals surface area (Å²) >= 11 is 0. The standard InChI is InChI=1S/C19H17NO6/c1-23-19(22)18(20-24-2)14-6-4-3-5-12(14)10-25-13-7-8-15-16(21)11-26-17(15)9-13/h3-9H,10-11H2,1-2H3. The van der Waals surface area contributed by atoms with Gasteiger partial charge in [-0.05, 0) is 17.7 Å². The number of methoxy groups -OCH3 is 1. The third-order valence-electron chi connectivity index (χ3n) is 3.84. The molecular formula is C19H17NO6. The molecule has 0 atom stereocenters. The number of Topliss-reactive ketones (excluding diaryl/α,β-unsaturated/α-hetero) is 1. The first-order chi connectivity index (χ1) is 12.6. The number of esters is 1. The van der Waals surface area contributed by atoms with Gasteiger partial charge in [-0.3, -0.25) is 4.79 Å². The van der Waals surface area contributed by atoms with Gasteiger partial charge in [-0.25, -0.2) is 4.79 Å². The SMILES string of the molecule is CON=C(C(=O)OC)c1ccccc1COc1ccc2c(c1)OCC2=O. The molecule has 3 rings (SSSR count). The fourth-order valence-electron chi connectivity index (χ4n) is 2.59. The fourth-order valence-corrected chi connectivity index (χ4v) is 2.59. The molecule has 1 heterocycles. The Hall–Kier alpha value is -3.35. The first-order valence-corrected chi connectivity index (χ1v) is 7.84. The molecule has 1 aliphatic rings. The second-order valence-electron chi connectivity index (χ2n) is 5.43. The van der Waals surface area contributed by atoms with E-state index in [9.17, 15) is 9.59 Å². The number of hydrogen-bond acceptors (Lipinski definition) is 7. The van der Waals surface area contributed by atoms with Crippen molar-refractivity contribution < 1.29 is 28.6 Å². The largest absolute Gasteiger partial charge is 0.489 e. The number of rotatable bonds is 6. The van der Waals surface area contributed by atoms with Crippen LogP contribution in [0.2, 0.25) is 0 Å². The molecular weight excluding hydrogens is 338 g/mol. The van der Waals surface area contributed by atoms with Gasteiger partial charge in [0.25, 0.3) is 0 Å². The van der Waals surface area contributed by atoms with E-state index in [1.54, 1.807) is 30.3 Å². The molecule has 2 aromatic carbocycles. The summed E-state index contributed by atoms with van der Waals surface area (Å²) in [5.74, 6) is 0.410. The van der Waals surface area contributed by atoms with Crippen LogP contribution >= 0.6 is 0 Å². The predicted molar refractivity (Wildman–Crippen MR) is 92.6 cm³/mol. The Bertz CT molecular complexity index is 874. The minimum atomic E-state index is -0.608. The van der Waals surface area contributed by atoms with Crippen LogP contribution in [0.4, 0.5) is 0 Å². The van der Waals surface area contributed by atoms with Crippen LogP contribution in [-0.4, -0.2) is 38.3 Å². The van der Waals surface area contributed by atoms with Gasteiger partial charge in [-0.2, -0.15) is 0 Å². The molecule has 0 unspecified atom stereocenters. The molecule has 0 aliphatic carbocycles. The summed E-state index contributed by atoms with van der Waals surface area (Å²) in [5.41, 5.74) is 1.88. The molecule has 0 radical (unpaired) electrons. The number of carbonyl (C=O) groups is 2. The predicted octanol–water partition coefficient (Wildman–Crippen LogP) is 2.36. The summed E-state index contributed by atoms with van der Waals surface area (Å²) in [6, 6.07) is 12.2. The van der Waals surface area contributed by atoms with Crippen molar-refractivity contribution in [2.75, 3.05) is 20.8 Å². The van der Waals surface area contributed by atoms with Crippen LogP contribution in [0.25, 0.3) is 0 Å². The summed E-state index contributed by atoms with van der Waals surface area (Å²) in [7, 11) is 2.63. The summed E-state index contributed by atoms with van der Waals surface area (Å²) in [6.07, 6.45) is 0. The van der Waals surface area contributed by atoms with E-state index in [0.717, 1.165) is 5.56 Å². The second kappa shape index (κ2) is 7.69. The Labute approximate surface area is 150 Å². The first kappa shape index (κ1) is 17.5. The number of oxime groups is 1. The lowest BCUT2D eigenvalue weighted by molar-refractivity contribution is -0.132. The van der Waals surface area contributed by atoms with E-state index in [-0.39, 0.29) is 24.7 Å². The number of ether oxygens (including phenoxy) is 3. The molecule has 0 saturated heterocycles. The van der Waals surface area contributed by atoms with Gasteiger partial charge < -0.3 is 19.0 Å². The number of fused-ring (bicyclic) bond motifs is 1. The third-order valence-corrected chi connectivity index (χ3v) is 3.84. The van der Waals surface area contributed by atoms with Gasteiger partial charge in [0.1, 0.15) is 25.2 Å². The van der Waals surface area contributed by atoms with Gasteiger partial charge in [-0.1, -0.05) is 29.4 Å². The second-order valence-corrected chi connectivity index (χ2v) is 5.43. The molecule has 0 fully saturated rings. The van der Waals surface area contributed by atoms with E-state index in [0.29, 0.717) is 22.6 Å². The van der Waals surface area contributed by atoms with Crippen LogP contribution in [0.15, 0.2) is 47.6 Å². The van der Waals surface area contributed by atoms with Gasteiger partial charge in [0.2, 0.25) is 5.78 Å². The Morgan fingerprint density at radius 2 is 2.00 bits per heavy atom. The quantitative estimate of drug-likeness (QED) is 0.449. The highest BCUT2D eigenvalue weighted by molar-refractivity contribution is 6.43. The maximum absolute atomic E-state index is 12.0. The molecule has 0 bridgehead atoms. The zero-order valence-electron chi connectivity index (χ0n) is 14.4. The van der Waals surface area contributed by atoms with E-state index < -0.39 is 5.97 Å². The Balaban J connectivity index is 1.82. The Kier molecular flexibility index (Phi) is 5.17. The monoisotopic (exact) mass is 355 g/mol. The Morgan fingerprint density at radius 1 is 1.19 bits per heavy atom. The van der Waals surface area contributed by atoms with Gasteiger partial charge in [0, 0.05) is 11.6 Å². The summed E-state index contributed by atoms with van der Waals surface area (Å²) in [6.45, 7) is 0.236. The van der Waals surface area contributed by atoms with E-state index in [1.165, 1.54) is 14.2 Å². The van der Waals surface area contributed by atoms with E-state index >= 15 is 0 Å². The number of hydrogen-bond donors (Lipinski definition) is 0. The molecule has 0 aromatic heterocycles. The van der Waals surface area contributed by atoms with Gasteiger partial charge in [0.15, 0.2) is 12.3 Å². The topological polar surface area (TPSA) is 83.4 Å². The molecule has 0 amide bonds. The molecule has 26 heavy (non-hydrogen) atoms. The molecule has 1 aliphatic heterocycles. The fraction of sp³-hybridized carbons (Fsp3) is 0.211. The van der Waals surface area contributed by atoms with Crippen molar-refractivity contribution >= 4 is 17.5 Å². The smallest absolute Gasteiger partial charge is 0.360 e. The van der Waals surface area contributed by atoms with Crippen LogP contribution in [0, 0.1) is 0 Å². The Morgan fingerprint density at radius 3 is 2.77 bits per heavy atom. The highest BCUT2D eigenvalue weighted by atomic mass is 16.6. The summed E-state index contributed by atoms with van der Waals surface area (Å²) in [4.78, 5) is 28.3. The van der Waals surface area contributed by atoms with Gasteiger partial charge in [0.05, 0.1) is 12.7 Å². The van der Waals surface area contributed by atoms with Crippen molar-refractivity contribution in [2.45, 2.75) is 6.61 Å². The van der Waals surface area contributed by atoms with Crippen molar-refractivity contribution in [2.24, 2.45) is 5.16 Å². The van der Waals surface area contributed by atoms with Crippen LogP contribution < -0.4 is 9.47 Å². The molecule has 7 heteroatoms. The average Bonchev–Trinajstić information content (AvgIpc) is 3.04. The lowest BCUT2D eigenvalue weighted by Crippen LogP contribution is -2.19. The number of carbonyl (C=O) groups excluding carboxylic acids is 2. The zero-order valence-corrected chi connectivity index (χ0v) is 14.4. The van der Waals surface area contributed by atoms with Crippen LogP contribution in [0.3, 0.4) is 0 Å². The highest BCUT2D eigenvalue weighted by Gasteiger charge is 2.22. The van der Waals surface area contributed by atoms with Crippen molar-refractivity contribution in [1.29, 1.82) is 0 Å². The van der Waals surface area contributed by atoms with Crippen molar-refractivity contribution in [3.63, 3.8) is 0 Å². The third kappa shape index (κ3) is 3.51. The molecule has 0 spiro atoms. The van der Waals surface area contributed by atoms with Crippen LogP contribution in [0.5, 0.6) is 11.5 Å². The van der Waals surface area contributed by atoms with Crippen molar-refractivity contribution in [3.8, 4) is 11.5 Å². The van der Waals surface area contributed by atoms with Gasteiger partial charge >= 0.3 is 5.97 Å². The van der Waals surface area contributed by atoms with E-state index in [2.05, 4.69) is 5.16 Å². The van der Waals surface area contributed by atoms with E-state index in [1.807, 2.05) is 12.1 Å². The van der Waals surface area contributed by atoms with E-state index in [4.69, 9.17) is 19.0 Å². The maximum atomic E-state index is 12.0. The van der Waals surface area contributed by atoms with Crippen LogP contribution in [0.1, 0.15) is 21.5 Å². The molecule has 2 aromatic rings. The van der Waals surface area contributed by atoms with Crippen molar-refractivity contribution in [1.82, 2.24) is 0 Å².